The molecule has 0 aliphatic carbocycles. The number of hydrogen-bond donors (Lipinski definition) is 1. The second kappa shape index (κ2) is 9.96. The molecule has 1 fully saturated rings. The Balaban J connectivity index is 1.44. The number of fused-ring (bicyclic) bond motifs is 1. The standard InChI is InChI=1S/C25H27ClF3N3O2/c1-16(33)32-11-3-2-7-23(32)24(34)30-19-9-8-18(22(26)13-19)14-31-12-10-17-5-4-6-21(20(17)15-31)25(27,28)29/h4-6,8-9,13,23H,2-3,7,10-12,14-15H2,1H3,(H,30,34)/t23-/m1/s1. The molecule has 2 amide bonds. The van der Waals surface area contributed by atoms with Crippen molar-refractivity contribution in [3.8, 4) is 0 Å². The Labute approximate surface area is 201 Å². The SMILES string of the molecule is CC(=O)N1CCCC[C@@H]1C(=O)Nc1ccc(CN2CCc3cccc(C(F)(F)F)c3C2)c(Cl)c1. The van der Waals surface area contributed by atoms with E-state index in [0.717, 1.165) is 30.0 Å². The van der Waals surface area contributed by atoms with Gasteiger partial charge in [0.1, 0.15) is 6.04 Å². The number of rotatable bonds is 4. The van der Waals surface area contributed by atoms with Gasteiger partial charge in [0.2, 0.25) is 11.8 Å². The lowest BCUT2D eigenvalue weighted by molar-refractivity contribution is -0.138. The first-order valence-electron chi connectivity index (χ1n) is 11.4. The van der Waals surface area contributed by atoms with Gasteiger partial charge in [-0.25, -0.2) is 0 Å². The van der Waals surface area contributed by atoms with Crippen LogP contribution in [0.15, 0.2) is 36.4 Å². The number of likely N-dealkylation sites (tertiary alicyclic amines) is 1. The number of nitrogens with one attached hydrogen (secondary N) is 1. The van der Waals surface area contributed by atoms with Crippen molar-refractivity contribution in [3.63, 3.8) is 0 Å². The third-order valence-corrected chi connectivity index (χ3v) is 6.93. The lowest BCUT2D eigenvalue weighted by atomic mass is 9.94. The normalized spacial score (nSPS) is 19.0. The van der Waals surface area contributed by atoms with Crippen molar-refractivity contribution in [3.05, 3.63) is 63.7 Å². The smallest absolute Gasteiger partial charge is 0.331 e. The van der Waals surface area contributed by atoms with Gasteiger partial charge in [0.25, 0.3) is 0 Å². The summed E-state index contributed by atoms with van der Waals surface area (Å²) in [7, 11) is 0. The molecule has 0 radical (unpaired) electrons. The topological polar surface area (TPSA) is 52.7 Å². The minimum absolute atomic E-state index is 0.120. The van der Waals surface area contributed by atoms with Gasteiger partial charge in [0.15, 0.2) is 0 Å². The van der Waals surface area contributed by atoms with Gasteiger partial charge in [-0.1, -0.05) is 29.8 Å². The molecule has 34 heavy (non-hydrogen) atoms. The summed E-state index contributed by atoms with van der Waals surface area (Å²) < 4.78 is 40.3. The van der Waals surface area contributed by atoms with E-state index in [1.54, 1.807) is 29.2 Å². The highest BCUT2D eigenvalue weighted by Crippen LogP contribution is 2.36. The number of hydrogen-bond acceptors (Lipinski definition) is 3. The molecule has 1 atom stereocenters. The first-order valence-corrected chi connectivity index (χ1v) is 11.8. The molecule has 0 spiro atoms. The molecule has 2 aliphatic rings. The van der Waals surface area contributed by atoms with Crippen molar-refractivity contribution in [2.24, 2.45) is 0 Å². The zero-order chi connectivity index (χ0) is 24.5. The predicted molar refractivity (Wildman–Crippen MR) is 124 cm³/mol. The molecule has 182 valence electrons. The fourth-order valence-electron chi connectivity index (χ4n) is 4.84. The number of nitrogens with zero attached hydrogens (tertiary/aromatic N) is 2. The molecular formula is C25H27ClF3N3O2. The summed E-state index contributed by atoms with van der Waals surface area (Å²) >= 11 is 6.48. The van der Waals surface area contributed by atoms with Crippen LogP contribution in [0, 0.1) is 0 Å². The molecule has 2 aromatic rings. The first kappa shape index (κ1) is 24.5. The molecule has 0 saturated carbocycles. The number of carbonyl (C=O) groups is 2. The molecule has 0 bridgehead atoms. The van der Waals surface area contributed by atoms with Crippen LogP contribution in [0.25, 0.3) is 0 Å². The van der Waals surface area contributed by atoms with Crippen molar-refractivity contribution in [1.29, 1.82) is 0 Å². The Morgan fingerprint density at radius 3 is 2.65 bits per heavy atom. The maximum Gasteiger partial charge on any atom is 0.416 e. The van der Waals surface area contributed by atoms with Crippen LogP contribution < -0.4 is 5.32 Å². The molecular weight excluding hydrogens is 467 g/mol. The van der Waals surface area contributed by atoms with E-state index in [-0.39, 0.29) is 18.4 Å². The van der Waals surface area contributed by atoms with Crippen molar-refractivity contribution in [2.75, 3.05) is 18.4 Å². The Bertz CT molecular complexity index is 1090. The number of carbonyl (C=O) groups excluding carboxylic acids is 2. The van der Waals surface area contributed by atoms with E-state index in [1.165, 1.54) is 13.0 Å². The van der Waals surface area contributed by atoms with E-state index in [1.807, 2.05) is 4.90 Å². The third kappa shape index (κ3) is 5.39. The Hall–Kier alpha value is -2.58. The van der Waals surface area contributed by atoms with E-state index >= 15 is 0 Å². The summed E-state index contributed by atoms with van der Waals surface area (Å²) in [5.74, 6) is -0.365. The highest BCUT2D eigenvalue weighted by atomic mass is 35.5. The van der Waals surface area contributed by atoms with Crippen molar-refractivity contribution < 1.29 is 22.8 Å². The minimum atomic E-state index is -4.39. The molecule has 9 heteroatoms. The molecule has 1 saturated heterocycles. The van der Waals surface area contributed by atoms with Crippen LogP contribution in [0.2, 0.25) is 5.02 Å². The molecule has 0 aromatic heterocycles. The maximum absolute atomic E-state index is 13.4. The van der Waals surface area contributed by atoms with Gasteiger partial charge in [-0.05, 0) is 60.6 Å². The Kier molecular flexibility index (Phi) is 7.19. The predicted octanol–water partition coefficient (Wildman–Crippen LogP) is 5.26. The van der Waals surface area contributed by atoms with Crippen LogP contribution >= 0.6 is 11.6 Å². The molecule has 5 nitrogen and oxygen atoms in total. The van der Waals surface area contributed by atoms with E-state index < -0.39 is 17.8 Å². The highest BCUT2D eigenvalue weighted by Gasteiger charge is 2.35. The zero-order valence-corrected chi connectivity index (χ0v) is 19.7. The fraction of sp³-hybridized carbons (Fsp3) is 0.440. The van der Waals surface area contributed by atoms with Crippen LogP contribution in [-0.4, -0.2) is 40.7 Å². The molecule has 2 aromatic carbocycles. The van der Waals surface area contributed by atoms with Gasteiger partial charge >= 0.3 is 6.18 Å². The summed E-state index contributed by atoms with van der Waals surface area (Å²) in [4.78, 5) is 28.2. The van der Waals surface area contributed by atoms with Crippen molar-refractivity contribution >= 4 is 29.1 Å². The van der Waals surface area contributed by atoms with E-state index in [9.17, 15) is 22.8 Å². The Morgan fingerprint density at radius 1 is 1.15 bits per heavy atom. The van der Waals surface area contributed by atoms with Crippen LogP contribution in [-0.2, 0) is 35.3 Å². The fourth-order valence-corrected chi connectivity index (χ4v) is 5.08. The van der Waals surface area contributed by atoms with Gasteiger partial charge in [-0.3, -0.25) is 14.5 Å². The first-order chi connectivity index (χ1) is 16.1. The van der Waals surface area contributed by atoms with Gasteiger partial charge < -0.3 is 10.2 Å². The van der Waals surface area contributed by atoms with Crippen molar-refractivity contribution in [1.82, 2.24) is 9.80 Å². The molecule has 4 rings (SSSR count). The molecule has 2 heterocycles. The average Bonchev–Trinajstić information content (AvgIpc) is 2.79. The lowest BCUT2D eigenvalue weighted by Gasteiger charge is -2.34. The Morgan fingerprint density at radius 2 is 1.94 bits per heavy atom. The van der Waals surface area contributed by atoms with Gasteiger partial charge in [-0.2, -0.15) is 13.2 Å². The second-order valence-corrected chi connectivity index (χ2v) is 9.33. The minimum Gasteiger partial charge on any atom is -0.331 e. The number of benzene rings is 2. The monoisotopic (exact) mass is 493 g/mol. The maximum atomic E-state index is 13.4. The number of alkyl halides is 3. The summed E-state index contributed by atoms with van der Waals surface area (Å²) in [6.45, 7) is 3.27. The zero-order valence-electron chi connectivity index (χ0n) is 18.9. The van der Waals surface area contributed by atoms with E-state index in [2.05, 4.69) is 5.32 Å². The number of anilines is 1. The quantitative estimate of drug-likeness (QED) is 0.632. The highest BCUT2D eigenvalue weighted by molar-refractivity contribution is 6.31. The van der Waals surface area contributed by atoms with Crippen LogP contribution in [0.5, 0.6) is 0 Å². The van der Waals surface area contributed by atoms with Gasteiger partial charge in [0, 0.05) is 43.8 Å². The number of piperidine rings is 1. The van der Waals surface area contributed by atoms with E-state index in [0.29, 0.717) is 48.7 Å². The van der Waals surface area contributed by atoms with Crippen molar-refractivity contribution in [2.45, 2.75) is 57.9 Å². The second-order valence-electron chi connectivity index (χ2n) is 8.92. The summed E-state index contributed by atoms with van der Waals surface area (Å²) in [5, 5.41) is 3.28. The third-order valence-electron chi connectivity index (χ3n) is 6.58. The summed E-state index contributed by atoms with van der Waals surface area (Å²) in [5.41, 5.74) is 1.77. The van der Waals surface area contributed by atoms with Crippen LogP contribution in [0.1, 0.15) is 48.4 Å². The van der Waals surface area contributed by atoms with Crippen LogP contribution in [0.3, 0.4) is 0 Å². The van der Waals surface area contributed by atoms with Crippen LogP contribution in [0.4, 0.5) is 18.9 Å². The molecule has 2 aliphatic heterocycles. The summed E-state index contributed by atoms with van der Waals surface area (Å²) in [6.07, 6.45) is -1.46. The van der Waals surface area contributed by atoms with Gasteiger partial charge in [-0.15, -0.1) is 0 Å². The molecule has 0 unspecified atom stereocenters. The molecule has 1 N–H and O–H groups in total. The summed E-state index contributed by atoms with van der Waals surface area (Å²) in [6, 6.07) is 9.02. The average molecular weight is 494 g/mol. The number of halogens is 4. The lowest BCUT2D eigenvalue weighted by Crippen LogP contribution is -2.49. The number of amides is 2. The largest absolute Gasteiger partial charge is 0.416 e. The van der Waals surface area contributed by atoms with E-state index in [4.69, 9.17) is 11.6 Å². The van der Waals surface area contributed by atoms with Gasteiger partial charge in [0.05, 0.1) is 5.56 Å².